The number of phenols is 1. The van der Waals surface area contributed by atoms with Crippen molar-refractivity contribution >= 4 is 35.2 Å². The van der Waals surface area contributed by atoms with Crippen molar-refractivity contribution in [1.29, 1.82) is 0 Å². The molecule has 8 nitrogen and oxygen atoms in total. The Labute approximate surface area is 243 Å². The molecule has 5 rings (SSSR count). The van der Waals surface area contributed by atoms with Gasteiger partial charge in [-0.2, -0.15) is 0 Å². The fourth-order valence-electron chi connectivity index (χ4n) is 5.83. The molecule has 1 saturated carbocycles. The molecule has 41 heavy (non-hydrogen) atoms. The van der Waals surface area contributed by atoms with Gasteiger partial charge in [-0.3, -0.25) is 14.5 Å². The number of carbonyl (C=O) groups excluding carboxylic acids is 2. The second kappa shape index (κ2) is 12.3. The van der Waals surface area contributed by atoms with Crippen LogP contribution in [0.25, 0.3) is 0 Å². The maximum Gasteiger partial charge on any atom is 0.326 e. The Kier molecular flexibility index (Phi) is 8.54. The second-order valence-electron chi connectivity index (χ2n) is 10.6. The highest BCUT2D eigenvalue weighted by molar-refractivity contribution is 8.00. The number of nitrogens with zero attached hydrogens (tertiary/aromatic N) is 1. The van der Waals surface area contributed by atoms with E-state index in [0.29, 0.717) is 30.0 Å². The van der Waals surface area contributed by atoms with E-state index in [0.717, 1.165) is 36.0 Å². The zero-order chi connectivity index (χ0) is 29.0. The van der Waals surface area contributed by atoms with Crippen molar-refractivity contribution < 1.29 is 29.3 Å². The van der Waals surface area contributed by atoms with Crippen molar-refractivity contribution in [3.63, 3.8) is 0 Å². The Morgan fingerprint density at radius 3 is 2.27 bits per heavy atom. The Balaban J connectivity index is 1.32. The number of aliphatic carboxylic acids is 1. The number of anilines is 1. The number of rotatable bonds is 9. The molecule has 0 spiro atoms. The smallest absolute Gasteiger partial charge is 0.326 e. The normalized spacial score (nSPS) is 19.0. The lowest BCUT2D eigenvalue weighted by Gasteiger charge is -2.37. The van der Waals surface area contributed by atoms with Crippen LogP contribution in [0.4, 0.5) is 5.69 Å². The predicted molar refractivity (Wildman–Crippen MR) is 158 cm³/mol. The maximum atomic E-state index is 13.8. The Morgan fingerprint density at radius 1 is 1.00 bits per heavy atom. The lowest BCUT2D eigenvalue weighted by molar-refractivity contribution is -0.143. The van der Waals surface area contributed by atoms with Crippen LogP contribution in [-0.2, 0) is 26.2 Å². The fraction of sp³-hybridized carbons (Fsp3) is 0.344. The van der Waals surface area contributed by atoms with Gasteiger partial charge in [0, 0.05) is 12.1 Å². The standard InChI is InChI=1S/C32H34N2O6S/c1-40-26-15-9-23(10-16-26)32(17-3-2-4-18-32)31(39)33-27(30(37)38)19-21-5-11-24(12-6-21)34-28(36)20-41-29(34)22-7-13-25(35)14-8-22/h5-16,27,29,35H,2-4,17-20H2,1H3,(H,33,39)(H,37,38). The van der Waals surface area contributed by atoms with Gasteiger partial charge in [0.25, 0.3) is 0 Å². The van der Waals surface area contributed by atoms with Gasteiger partial charge in [-0.15, -0.1) is 11.8 Å². The molecule has 2 fully saturated rings. The maximum absolute atomic E-state index is 13.8. The summed E-state index contributed by atoms with van der Waals surface area (Å²) in [6.45, 7) is 0. The molecule has 3 aromatic rings. The van der Waals surface area contributed by atoms with Crippen LogP contribution in [0, 0.1) is 0 Å². The van der Waals surface area contributed by atoms with Gasteiger partial charge in [-0.25, -0.2) is 4.79 Å². The molecule has 3 N–H and O–H groups in total. The summed E-state index contributed by atoms with van der Waals surface area (Å²) < 4.78 is 5.28. The van der Waals surface area contributed by atoms with E-state index in [1.165, 1.54) is 11.8 Å². The molecule has 1 heterocycles. The zero-order valence-electron chi connectivity index (χ0n) is 22.9. The highest BCUT2D eigenvalue weighted by Gasteiger charge is 2.42. The van der Waals surface area contributed by atoms with Gasteiger partial charge in [0.2, 0.25) is 11.8 Å². The average molecular weight is 575 g/mol. The van der Waals surface area contributed by atoms with Gasteiger partial charge >= 0.3 is 5.97 Å². The molecule has 214 valence electrons. The molecule has 2 amide bonds. The number of phenolic OH excluding ortho intramolecular Hbond substituents is 1. The zero-order valence-corrected chi connectivity index (χ0v) is 23.7. The predicted octanol–water partition coefficient (Wildman–Crippen LogP) is 5.19. The lowest BCUT2D eigenvalue weighted by atomic mass is 9.68. The minimum absolute atomic E-state index is 0.0205. The van der Waals surface area contributed by atoms with E-state index in [1.807, 2.05) is 36.4 Å². The Hall–Kier alpha value is -3.98. The van der Waals surface area contributed by atoms with Crippen LogP contribution in [0.1, 0.15) is 54.2 Å². The van der Waals surface area contributed by atoms with Crippen LogP contribution >= 0.6 is 11.8 Å². The summed E-state index contributed by atoms with van der Waals surface area (Å²) in [5, 5.41) is 22.3. The van der Waals surface area contributed by atoms with Gasteiger partial charge < -0.3 is 20.3 Å². The van der Waals surface area contributed by atoms with Crippen molar-refractivity contribution in [1.82, 2.24) is 5.32 Å². The average Bonchev–Trinajstić information content (AvgIpc) is 3.38. The quantitative estimate of drug-likeness (QED) is 0.322. The number of carboxylic acid groups (broad SMARTS) is 1. The molecule has 1 aliphatic heterocycles. The first kappa shape index (κ1) is 28.5. The summed E-state index contributed by atoms with van der Waals surface area (Å²) in [6, 6.07) is 20.4. The molecule has 3 aromatic carbocycles. The molecule has 0 radical (unpaired) electrons. The summed E-state index contributed by atoms with van der Waals surface area (Å²) in [5.74, 6) is -0.165. The van der Waals surface area contributed by atoms with E-state index >= 15 is 0 Å². The Bertz CT molecular complexity index is 1390. The minimum Gasteiger partial charge on any atom is -0.508 e. The number of hydrogen-bond donors (Lipinski definition) is 3. The van der Waals surface area contributed by atoms with Crippen LogP contribution in [0.5, 0.6) is 11.5 Å². The Morgan fingerprint density at radius 2 is 1.66 bits per heavy atom. The number of carbonyl (C=O) groups is 3. The molecule has 0 bridgehead atoms. The van der Waals surface area contributed by atoms with E-state index in [9.17, 15) is 24.6 Å². The van der Waals surface area contributed by atoms with E-state index in [4.69, 9.17) is 4.74 Å². The topological polar surface area (TPSA) is 116 Å². The largest absolute Gasteiger partial charge is 0.508 e. The first-order valence-corrected chi connectivity index (χ1v) is 14.9. The second-order valence-corrected chi connectivity index (χ2v) is 11.7. The van der Waals surface area contributed by atoms with Gasteiger partial charge in [0.05, 0.1) is 18.3 Å². The number of aromatic hydroxyl groups is 1. The molecule has 2 atom stereocenters. The van der Waals surface area contributed by atoms with Crippen LogP contribution < -0.4 is 15.0 Å². The van der Waals surface area contributed by atoms with E-state index in [2.05, 4.69) is 5.32 Å². The number of ether oxygens (including phenoxy) is 1. The molecule has 1 saturated heterocycles. The number of hydrogen-bond acceptors (Lipinski definition) is 6. The highest BCUT2D eigenvalue weighted by atomic mass is 32.2. The van der Waals surface area contributed by atoms with Gasteiger partial charge in [0.1, 0.15) is 22.9 Å². The van der Waals surface area contributed by atoms with Crippen LogP contribution in [0.2, 0.25) is 0 Å². The third-order valence-corrected chi connectivity index (χ3v) is 9.30. The van der Waals surface area contributed by atoms with Crippen molar-refractivity contribution in [2.24, 2.45) is 0 Å². The van der Waals surface area contributed by atoms with Crippen molar-refractivity contribution in [2.75, 3.05) is 17.8 Å². The van der Waals surface area contributed by atoms with Gasteiger partial charge in [0.15, 0.2) is 0 Å². The summed E-state index contributed by atoms with van der Waals surface area (Å²) in [6.07, 6.45) is 4.29. The highest BCUT2D eigenvalue weighted by Crippen LogP contribution is 2.42. The summed E-state index contributed by atoms with van der Waals surface area (Å²) in [7, 11) is 1.60. The third kappa shape index (κ3) is 6.05. The molecule has 2 unspecified atom stereocenters. The molecular formula is C32H34N2O6S. The number of thioether (sulfide) groups is 1. The third-order valence-electron chi connectivity index (χ3n) is 8.09. The molecule has 0 aromatic heterocycles. The van der Waals surface area contributed by atoms with Crippen LogP contribution in [0.15, 0.2) is 72.8 Å². The summed E-state index contributed by atoms with van der Waals surface area (Å²) in [5.41, 5.74) is 2.45. The number of benzene rings is 3. The number of carboxylic acids is 1. The van der Waals surface area contributed by atoms with Crippen molar-refractivity contribution in [3.8, 4) is 11.5 Å². The fourth-order valence-corrected chi connectivity index (χ4v) is 7.00. The van der Waals surface area contributed by atoms with Crippen LogP contribution in [-0.4, -0.2) is 46.9 Å². The van der Waals surface area contributed by atoms with E-state index < -0.39 is 17.4 Å². The number of methoxy groups -OCH3 is 1. The molecule has 2 aliphatic rings. The van der Waals surface area contributed by atoms with Crippen molar-refractivity contribution in [2.45, 2.75) is 55.4 Å². The summed E-state index contributed by atoms with van der Waals surface area (Å²) in [4.78, 5) is 40.5. The van der Waals surface area contributed by atoms with Crippen molar-refractivity contribution in [3.05, 3.63) is 89.5 Å². The number of amides is 2. The van der Waals surface area contributed by atoms with E-state index in [-0.39, 0.29) is 29.4 Å². The first-order valence-electron chi connectivity index (χ1n) is 13.8. The molecular weight excluding hydrogens is 540 g/mol. The van der Waals surface area contributed by atoms with Gasteiger partial charge in [-0.05, 0) is 65.9 Å². The van der Waals surface area contributed by atoms with Crippen LogP contribution in [0.3, 0.4) is 0 Å². The monoisotopic (exact) mass is 574 g/mol. The first-order chi connectivity index (χ1) is 19.8. The number of nitrogens with one attached hydrogen (secondary N) is 1. The summed E-state index contributed by atoms with van der Waals surface area (Å²) >= 11 is 1.51. The molecule has 1 aliphatic carbocycles. The van der Waals surface area contributed by atoms with E-state index in [1.54, 1.807) is 48.4 Å². The lowest BCUT2D eigenvalue weighted by Crippen LogP contribution is -2.52. The minimum atomic E-state index is -1.10. The van der Waals surface area contributed by atoms with Gasteiger partial charge in [-0.1, -0.05) is 55.7 Å². The molecule has 9 heteroatoms. The SMILES string of the molecule is COc1ccc(C2(C(=O)NC(Cc3ccc(N4C(=O)CSC4c4ccc(O)cc4)cc3)C(=O)O)CCCCC2)cc1.